The van der Waals surface area contributed by atoms with Gasteiger partial charge in [0.15, 0.2) is 0 Å². The molecule has 0 aromatic rings. The van der Waals surface area contributed by atoms with Gasteiger partial charge in [0.2, 0.25) is 23.5 Å². The Bertz CT molecular complexity index is 902. The lowest BCUT2D eigenvalue weighted by atomic mass is 9.84. The third kappa shape index (κ3) is 5.54. The number of amides is 4. The molecule has 0 spiro atoms. The van der Waals surface area contributed by atoms with Crippen LogP contribution >= 0.6 is 0 Å². The average molecular weight is 491 g/mol. The maximum absolute atomic E-state index is 13.8. The van der Waals surface area contributed by atoms with E-state index in [4.69, 9.17) is 0 Å². The van der Waals surface area contributed by atoms with E-state index in [0.29, 0.717) is 18.9 Å². The highest BCUT2D eigenvalue weighted by Gasteiger charge is 2.70. The average Bonchev–Trinajstić information content (AvgIpc) is 3.61. The van der Waals surface area contributed by atoms with Gasteiger partial charge in [0.1, 0.15) is 12.1 Å². The van der Waals surface area contributed by atoms with Crippen molar-refractivity contribution in [2.45, 2.75) is 85.9 Å². The van der Waals surface area contributed by atoms with Gasteiger partial charge in [0, 0.05) is 19.5 Å². The van der Waals surface area contributed by atoms with Gasteiger partial charge < -0.3 is 20.9 Å². The van der Waals surface area contributed by atoms with Crippen molar-refractivity contribution in [1.29, 1.82) is 0 Å². The van der Waals surface area contributed by atoms with Gasteiger partial charge in [-0.15, -0.1) is 0 Å². The minimum atomic E-state index is -0.910. The minimum absolute atomic E-state index is 0.0375. The van der Waals surface area contributed by atoms with Gasteiger partial charge in [0.05, 0.1) is 6.04 Å². The van der Waals surface area contributed by atoms with E-state index in [0.717, 1.165) is 12.8 Å². The van der Waals surface area contributed by atoms with Crippen molar-refractivity contribution in [2.24, 2.45) is 34.5 Å². The number of likely N-dealkylation sites (N-methyl/N-ethyl adjacent to an activating group) is 1. The van der Waals surface area contributed by atoms with E-state index in [1.165, 1.54) is 7.05 Å². The molecule has 3 rings (SSSR count). The number of carbonyl (C=O) groups is 5. The molecule has 5 atom stereocenters. The van der Waals surface area contributed by atoms with E-state index < -0.39 is 41.1 Å². The molecule has 9 heteroatoms. The SMILES string of the molecule is CNC(=O)C(=O)C(CC1CC1)NC(=O)[C@@H]1[C@@H]2[C@H](CN1C(=O)[C@@H](NC(=O)C(C)C)C(C)(C)C)C2(C)C. The quantitative estimate of drug-likeness (QED) is 0.420. The third-order valence-corrected chi connectivity index (χ3v) is 8.03. The lowest BCUT2D eigenvalue weighted by Gasteiger charge is -2.38. The molecule has 4 amide bonds. The monoisotopic (exact) mass is 490 g/mol. The fourth-order valence-electron chi connectivity index (χ4n) is 5.39. The zero-order valence-electron chi connectivity index (χ0n) is 22.4. The lowest BCUT2D eigenvalue weighted by Crippen LogP contribution is -2.60. The van der Waals surface area contributed by atoms with E-state index in [1.807, 2.05) is 20.8 Å². The number of likely N-dealkylation sites (tertiary alicyclic amines) is 1. The van der Waals surface area contributed by atoms with E-state index >= 15 is 0 Å². The van der Waals surface area contributed by atoms with Gasteiger partial charge in [-0.2, -0.15) is 0 Å². The van der Waals surface area contributed by atoms with Crippen LogP contribution in [0.5, 0.6) is 0 Å². The molecule has 3 fully saturated rings. The number of nitrogens with one attached hydrogen (secondary N) is 3. The summed E-state index contributed by atoms with van der Waals surface area (Å²) in [6, 6.07) is -2.45. The highest BCUT2D eigenvalue weighted by Crippen LogP contribution is 2.65. The van der Waals surface area contributed by atoms with Crippen molar-refractivity contribution < 1.29 is 24.0 Å². The van der Waals surface area contributed by atoms with Crippen LogP contribution in [0.15, 0.2) is 0 Å². The summed E-state index contributed by atoms with van der Waals surface area (Å²) in [5.74, 6) is -2.13. The van der Waals surface area contributed by atoms with Crippen molar-refractivity contribution in [3.05, 3.63) is 0 Å². The zero-order valence-corrected chi connectivity index (χ0v) is 22.4. The van der Waals surface area contributed by atoms with E-state index in [9.17, 15) is 24.0 Å². The van der Waals surface area contributed by atoms with E-state index in [2.05, 4.69) is 29.8 Å². The Labute approximate surface area is 208 Å². The second-order valence-corrected chi connectivity index (χ2v) is 12.5. The first kappa shape index (κ1) is 27.1. The van der Waals surface area contributed by atoms with Crippen molar-refractivity contribution in [1.82, 2.24) is 20.9 Å². The molecule has 0 aromatic carbocycles. The molecule has 2 aliphatic carbocycles. The van der Waals surface area contributed by atoms with Crippen molar-refractivity contribution >= 4 is 29.4 Å². The van der Waals surface area contributed by atoms with Crippen LogP contribution in [0, 0.1) is 34.5 Å². The molecule has 3 N–H and O–H groups in total. The number of hydrogen-bond donors (Lipinski definition) is 3. The van der Waals surface area contributed by atoms with Crippen molar-refractivity contribution in [3.8, 4) is 0 Å². The van der Waals surface area contributed by atoms with Crippen LogP contribution in [-0.4, -0.2) is 66.0 Å². The fourth-order valence-corrected chi connectivity index (χ4v) is 5.39. The molecule has 2 saturated carbocycles. The molecular weight excluding hydrogens is 448 g/mol. The molecule has 1 unspecified atom stereocenters. The summed E-state index contributed by atoms with van der Waals surface area (Å²) < 4.78 is 0. The van der Waals surface area contributed by atoms with Gasteiger partial charge in [-0.1, -0.05) is 61.3 Å². The molecule has 1 aliphatic heterocycles. The molecule has 0 bridgehead atoms. The molecule has 0 radical (unpaired) electrons. The number of rotatable bonds is 9. The normalized spacial score (nSPS) is 26.4. The highest BCUT2D eigenvalue weighted by atomic mass is 16.2. The van der Waals surface area contributed by atoms with Crippen LogP contribution in [0.3, 0.4) is 0 Å². The molecule has 9 nitrogen and oxygen atoms in total. The standard InChI is InChI=1S/C26H42N4O5/c1-13(2)21(32)29-20(25(3,4)5)24(35)30-12-15-17(26(15,6)7)18(30)22(33)28-16(11-14-9-10-14)19(31)23(34)27-8/h13-18,20H,9-12H2,1-8H3,(H,27,34)(H,28,33)(H,29,32)/t15-,16?,17-,18-,20+/m0/s1. The molecule has 1 saturated heterocycles. The first-order valence-corrected chi connectivity index (χ1v) is 12.8. The number of carbonyl (C=O) groups excluding carboxylic acids is 5. The van der Waals surface area contributed by atoms with Crippen molar-refractivity contribution in [3.63, 3.8) is 0 Å². The number of piperidine rings is 1. The molecule has 35 heavy (non-hydrogen) atoms. The molecular formula is C26H42N4O5. The summed E-state index contributed by atoms with van der Waals surface area (Å²) in [6.07, 6.45) is 2.37. The summed E-state index contributed by atoms with van der Waals surface area (Å²) in [6.45, 7) is 13.8. The Morgan fingerprint density at radius 3 is 2.11 bits per heavy atom. The predicted molar refractivity (Wildman–Crippen MR) is 131 cm³/mol. The molecule has 1 heterocycles. The second kappa shape index (κ2) is 9.54. The smallest absolute Gasteiger partial charge is 0.289 e. The summed E-state index contributed by atoms with van der Waals surface area (Å²) >= 11 is 0. The van der Waals surface area contributed by atoms with Crippen LogP contribution in [0.2, 0.25) is 0 Å². The number of ketones is 1. The first-order valence-electron chi connectivity index (χ1n) is 12.8. The summed E-state index contributed by atoms with van der Waals surface area (Å²) in [4.78, 5) is 66.3. The molecule has 3 aliphatic rings. The van der Waals surface area contributed by atoms with Crippen LogP contribution in [-0.2, 0) is 24.0 Å². The van der Waals surface area contributed by atoms with Gasteiger partial charge in [-0.3, -0.25) is 24.0 Å². The molecule has 0 aromatic heterocycles. The highest BCUT2D eigenvalue weighted by molar-refractivity contribution is 6.38. The van der Waals surface area contributed by atoms with Gasteiger partial charge in [-0.25, -0.2) is 0 Å². The number of hydrogen-bond acceptors (Lipinski definition) is 5. The van der Waals surface area contributed by atoms with Gasteiger partial charge in [0.25, 0.3) is 5.91 Å². The molecule has 196 valence electrons. The maximum atomic E-state index is 13.8. The van der Waals surface area contributed by atoms with E-state index in [1.54, 1.807) is 18.7 Å². The summed E-state index contributed by atoms with van der Waals surface area (Å²) in [7, 11) is 1.39. The number of Topliss-reactive ketones (excluding diaryl/α,β-unsaturated/α-hetero) is 1. The van der Waals surface area contributed by atoms with Crippen LogP contribution in [0.1, 0.15) is 67.7 Å². The van der Waals surface area contributed by atoms with Crippen LogP contribution in [0.25, 0.3) is 0 Å². The first-order chi connectivity index (χ1) is 16.1. The van der Waals surface area contributed by atoms with E-state index in [-0.39, 0.29) is 35.0 Å². The van der Waals surface area contributed by atoms with Crippen LogP contribution < -0.4 is 16.0 Å². The largest absolute Gasteiger partial charge is 0.353 e. The number of fused-ring (bicyclic) bond motifs is 1. The Hall–Kier alpha value is -2.45. The Balaban J connectivity index is 1.85. The van der Waals surface area contributed by atoms with Gasteiger partial charge >= 0.3 is 0 Å². The maximum Gasteiger partial charge on any atom is 0.289 e. The number of nitrogens with zero attached hydrogens (tertiary/aromatic N) is 1. The Morgan fingerprint density at radius 1 is 1.03 bits per heavy atom. The Morgan fingerprint density at radius 2 is 1.63 bits per heavy atom. The fraction of sp³-hybridized carbons (Fsp3) is 0.808. The van der Waals surface area contributed by atoms with Crippen LogP contribution in [0.4, 0.5) is 0 Å². The summed E-state index contributed by atoms with van der Waals surface area (Å²) in [5.41, 5.74) is -0.664. The van der Waals surface area contributed by atoms with Gasteiger partial charge in [-0.05, 0) is 35.0 Å². The third-order valence-electron chi connectivity index (χ3n) is 8.03. The topological polar surface area (TPSA) is 125 Å². The Kier molecular flexibility index (Phi) is 7.40. The zero-order chi connectivity index (χ0) is 26.5. The minimum Gasteiger partial charge on any atom is -0.353 e. The summed E-state index contributed by atoms with van der Waals surface area (Å²) in [5, 5.41) is 8.07. The lowest BCUT2D eigenvalue weighted by molar-refractivity contribution is -0.147. The second-order valence-electron chi connectivity index (χ2n) is 12.5. The predicted octanol–water partition coefficient (Wildman–Crippen LogP) is 1.26. The van der Waals surface area contributed by atoms with Crippen molar-refractivity contribution in [2.75, 3.05) is 13.6 Å².